The van der Waals surface area contributed by atoms with E-state index in [9.17, 15) is 4.79 Å². The number of nitrogens with zero attached hydrogens (tertiary/aromatic N) is 1. The summed E-state index contributed by atoms with van der Waals surface area (Å²) in [5.74, 6) is 1.02. The summed E-state index contributed by atoms with van der Waals surface area (Å²) in [6, 6.07) is 5.14. The molecule has 2 aliphatic rings. The highest BCUT2D eigenvalue weighted by atomic mass is 35.5. The van der Waals surface area contributed by atoms with Gasteiger partial charge in [-0.05, 0) is 43.9 Å². The molecular weight excluding hydrogens is 330 g/mol. The molecule has 0 saturated carbocycles. The molecule has 5 nitrogen and oxygen atoms in total. The lowest BCUT2D eigenvalue weighted by Gasteiger charge is -2.50. The van der Waals surface area contributed by atoms with E-state index in [1.165, 1.54) is 0 Å². The molecule has 6 heteroatoms. The summed E-state index contributed by atoms with van der Waals surface area (Å²) in [5.41, 5.74) is 0.285. The fourth-order valence-electron chi connectivity index (χ4n) is 3.62. The third-order valence-corrected chi connectivity index (χ3v) is 5.35. The second kappa shape index (κ2) is 7.30. The highest BCUT2D eigenvalue weighted by Gasteiger charge is 2.54. The average Bonchev–Trinajstić information content (AvgIpc) is 2.97. The zero-order valence-corrected chi connectivity index (χ0v) is 15.0. The lowest BCUT2D eigenvalue weighted by molar-refractivity contribution is -0.120. The van der Waals surface area contributed by atoms with Crippen molar-refractivity contribution in [2.45, 2.75) is 25.4 Å². The van der Waals surface area contributed by atoms with E-state index >= 15 is 0 Å². The lowest BCUT2D eigenvalue weighted by atomic mass is 9.79. The summed E-state index contributed by atoms with van der Waals surface area (Å²) in [4.78, 5) is 14.5. The fourth-order valence-corrected chi connectivity index (χ4v) is 3.82. The van der Waals surface area contributed by atoms with Gasteiger partial charge in [-0.2, -0.15) is 0 Å². The SMILES string of the molecule is CCOCC[C@H]1CCOC12CN(C(=O)c1cc(OC)ccc1Cl)C2. The molecule has 1 aromatic rings. The predicted octanol–water partition coefficient (Wildman–Crippen LogP) is 3.01. The minimum absolute atomic E-state index is 0.0661. The van der Waals surface area contributed by atoms with E-state index in [0.29, 0.717) is 35.3 Å². The second-order valence-corrected chi connectivity index (χ2v) is 6.80. The first kappa shape index (κ1) is 17.5. The average molecular weight is 354 g/mol. The van der Waals surface area contributed by atoms with Gasteiger partial charge in [0.15, 0.2) is 0 Å². The zero-order valence-electron chi connectivity index (χ0n) is 14.2. The molecule has 1 spiro atoms. The van der Waals surface area contributed by atoms with Crippen LogP contribution in [-0.4, -0.2) is 56.4 Å². The van der Waals surface area contributed by atoms with Crippen molar-refractivity contribution in [1.82, 2.24) is 4.90 Å². The van der Waals surface area contributed by atoms with Gasteiger partial charge in [-0.15, -0.1) is 0 Å². The Hall–Kier alpha value is -1.30. The van der Waals surface area contributed by atoms with Crippen LogP contribution in [0.4, 0.5) is 0 Å². The maximum atomic E-state index is 12.7. The standard InChI is InChI=1S/C18H24ClNO4/c1-3-23-8-6-13-7-9-24-18(13)11-20(12-18)17(21)15-10-14(22-2)4-5-16(15)19/h4-5,10,13H,3,6-9,11-12H2,1-2H3/t13-/m0/s1. The molecule has 0 N–H and O–H groups in total. The Morgan fingerprint density at radius 3 is 2.96 bits per heavy atom. The number of benzene rings is 1. The molecular formula is C18H24ClNO4. The van der Waals surface area contributed by atoms with Gasteiger partial charge in [-0.1, -0.05) is 11.6 Å². The number of methoxy groups -OCH3 is 1. The predicted molar refractivity (Wildman–Crippen MR) is 91.8 cm³/mol. The van der Waals surface area contributed by atoms with Crippen molar-refractivity contribution in [2.75, 3.05) is 40.0 Å². The first-order valence-electron chi connectivity index (χ1n) is 8.44. The van der Waals surface area contributed by atoms with Crippen LogP contribution in [0.3, 0.4) is 0 Å². The van der Waals surface area contributed by atoms with Gasteiger partial charge in [-0.3, -0.25) is 4.79 Å². The van der Waals surface area contributed by atoms with E-state index in [0.717, 1.165) is 32.7 Å². The number of likely N-dealkylation sites (tertiary alicyclic amines) is 1. The van der Waals surface area contributed by atoms with E-state index in [1.54, 1.807) is 30.2 Å². The fraction of sp³-hybridized carbons (Fsp3) is 0.611. The second-order valence-electron chi connectivity index (χ2n) is 6.39. The Balaban J connectivity index is 1.64. The molecule has 2 heterocycles. The molecule has 0 bridgehead atoms. The van der Waals surface area contributed by atoms with E-state index in [1.807, 2.05) is 6.92 Å². The van der Waals surface area contributed by atoms with Crippen LogP contribution >= 0.6 is 11.6 Å². The van der Waals surface area contributed by atoms with Crippen molar-refractivity contribution in [3.8, 4) is 5.75 Å². The van der Waals surface area contributed by atoms with E-state index in [4.69, 9.17) is 25.8 Å². The van der Waals surface area contributed by atoms with Gasteiger partial charge < -0.3 is 19.1 Å². The molecule has 2 saturated heterocycles. The summed E-state index contributed by atoms with van der Waals surface area (Å²) < 4.78 is 16.7. The van der Waals surface area contributed by atoms with Gasteiger partial charge in [0.2, 0.25) is 0 Å². The first-order valence-corrected chi connectivity index (χ1v) is 8.82. The Kier molecular flexibility index (Phi) is 5.33. The molecule has 0 aliphatic carbocycles. The summed E-state index contributed by atoms with van der Waals surface area (Å²) in [6.45, 7) is 5.50. The number of amides is 1. The molecule has 132 valence electrons. The van der Waals surface area contributed by atoms with Crippen molar-refractivity contribution < 1.29 is 19.0 Å². The maximum absolute atomic E-state index is 12.7. The van der Waals surface area contributed by atoms with Gasteiger partial charge in [0.25, 0.3) is 5.91 Å². The first-order chi connectivity index (χ1) is 11.6. The Morgan fingerprint density at radius 2 is 2.25 bits per heavy atom. The number of hydrogen-bond donors (Lipinski definition) is 0. The third-order valence-electron chi connectivity index (χ3n) is 5.02. The summed E-state index contributed by atoms with van der Waals surface area (Å²) >= 11 is 6.19. The molecule has 0 radical (unpaired) electrons. The smallest absolute Gasteiger partial charge is 0.255 e. The normalized spacial score (nSPS) is 21.8. The van der Waals surface area contributed by atoms with Crippen LogP contribution in [0.25, 0.3) is 0 Å². The van der Waals surface area contributed by atoms with Crippen LogP contribution in [-0.2, 0) is 9.47 Å². The van der Waals surface area contributed by atoms with E-state index < -0.39 is 0 Å². The number of ether oxygens (including phenoxy) is 3. The van der Waals surface area contributed by atoms with Crippen molar-refractivity contribution >= 4 is 17.5 Å². The van der Waals surface area contributed by atoms with Crippen LogP contribution in [0, 0.1) is 5.92 Å². The van der Waals surface area contributed by atoms with Gasteiger partial charge in [0, 0.05) is 19.8 Å². The van der Waals surface area contributed by atoms with E-state index in [2.05, 4.69) is 0 Å². The molecule has 2 fully saturated rings. The van der Waals surface area contributed by atoms with Gasteiger partial charge in [0.1, 0.15) is 11.4 Å². The molecule has 0 unspecified atom stereocenters. The van der Waals surface area contributed by atoms with Crippen LogP contribution in [0.5, 0.6) is 5.75 Å². The highest BCUT2D eigenvalue weighted by Crippen LogP contribution is 2.42. The molecule has 0 aromatic heterocycles. The molecule has 1 atom stereocenters. The van der Waals surface area contributed by atoms with Crippen molar-refractivity contribution in [2.24, 2.45) is 5.92 Å². The quantitative estimate of drug-likeness (QED) is 0.738. The zero-order chi connectivity index (χ0) is 17.2. The lowest BCUT2D eigenvalue weighted by Crippen LogP contribution is -2.66. The van der Waals surface area contributed by atoms with Gasteiger partial charge in [-0.25, -0.2) is 0 Å². The monoisotopic (exact) mass is 353 g/mol. The summed E-state index contributed by atoms with van der Waals surface area (Å²) in [6.07, 6.45) is 2.02. The van der Waals surface area contributed by atoms with Crippen LogP contribution in [0.15, 0.2) is 18.2 Å². The maximum Gasteiger partial charge on any atom is 0.255 e. The van der Waals surface area contributed by atoms with Crippen molar-refractivity contribution in [1.29, 1.82) is 0 Å². The Morgan fingerprint density at radius 1 is 1.46 bits per heavy atom. The number of hydrogen-bond acceptors (Lipinski definition) is 4. The van der Waals surface area contributed by atoms with Crippen molar-refractivity contribution in [3.05, 3.63) is 28.8 Å². The number of carbonyl (C=O) groups excluding carboxylic acids is 1. The number of rotatable bonds is 6. The largest absolute Gasteiger partial charge is 0.497 e. The number of halogens is 1. The molecule has 3 rings (SSSR count). The summed E-state index contributed by atoms with van der Waals surface area (Å²) in [7, 11) is 1.57. The molecule has 1 aromatic carbocycles. The van der Waals surface area contributed by atoms with Gasteiger partial charge >= 0.3 is 0 Å². The molecule has 1 amide bonds. The van der Waals surface area contributed by atoms with Crippen LogP contribution in [0.1, 0.15) is 30.1 Å². The van der Waals surface area contributed by atoms with Crippen molar-refractivity contribution in [3.63, 3.8) is 0 Å². The van der Waals surface area contributed by atoms with Crippen LogP contribution < -0.4 is 4.74 Å². The minimum atomic E-state index is -0.196. The topological polar surface area (TPSA) is 48.0 Å². The molecule has 2 aliphatic heterocycles. The van der Waals surface area contributed by atoms with E-state index in [-0.39, 0.29) is 11.5 Å². The van der Waals surface area contributed by atoms with Crippen LogP contribution in [0.2, 0.25) is 5.02 Å². The van der Waals surface area contributed by atoms with Gasteiger partial charge in [0.05, 0.1) is 30.8 Å². The Labute approximate surface area is 147 Å². The minimum Gasteiger partial charge on any atom is -0.497 e. The summed E-state index contributed by atoms with van der Waals surface area (Å²) in [5, 5.41) is 0.446. The molecule has 24 heavy (non-hydrogen) atoms. The number of carbonyl (C=O) groups is 1. The Bertz CT molecular complexity index is 601. The highest BCUT2D eigenvalue weighted by molar-refractivity contribution is 6.33. The third kappa shape index (κ3) is 3.25.